The van der Waals surface area contributed by atoms with Crippen molar-refractivity contribution >= 4 is 39.9 Å². The molecule has 1 N–H and O–H groups in total. The van der Waals surface area contributed by atoms with Crippen LogP contribution in [0, 0.1) is 12.8 Å². The van der Waals surface area contributed by atoms with Gasteiger partial charge in [-0.05, 0) is 31.9 Å². The average Bonchev–Trinajstić information content (AvgIpc) is 2.99. The number of benzene rings is 1. The van der Waals surface area contributed by atoms with E-state index < -0.39 is 0 Å². The number of likely N-dealkylation sites (tertiary alicyclic amines) is 1. The van der Waals surface area contributed by atoms with Crippen molar-refractivity contribution in [2.75, 3.05) is 18.4 Å². The summed E-state index contributed by atoms with van der Waals surface area (Å²) in [6.45, 7) is 2.92. The highest BCUT2D eigenvalue weighted by molar-refractivity contribution is 7.15. The number of amides is 2. The molecule has 1 aliphatic heterocycles. The summed E-state index contributed by atoms with van der Waals surface area (Å²) in [5.41, 5.74) is 0.506. The maximum atomic E-state index is 12.5. The number of piperidine rings is 1. The Hall–Kier alpha value is -1.99. The number of carbonyl (C=O) groups excluding carboxylic acids is 2. The highest BCUT2D eigenvalue weighted by atomic mass is 35.5. The predicted octanol–water partition coefficient (Wildman–Crippen LogP) is 2.99. The molecule has 1 saturated heterocycles. The molecule has 2 heterocycles. The Morgan fingerprint density at radius 1 is 1.25 bits per heavy atom. The van der Waals surface area contributed by atoms with E-state index in [1.807, 2.05) is 6.92 Å². The first kappa shape index (κ1) is 16.9. The molecule has 8 heteroatoms. The van der Waals surface area contributed by atoms with Gasteiger partial charge in [-0.1, -0.05) is 35.1 Å². The Morgan fingerprint density at radius 3 is 2.58 bits per heavy atom. The molecule has 1 aromatic carbocycles. The van der Waals surface area contributed by atoms with Gasteiger partial charge in [-0.15, -0.1) is 10.2 Å². The van der Waals surface area contributed by atoms with Crippen LogP contribution in [0.3, 0.4) is 0 Å². The van der Waals surface area contributed by atoms with Gasteiger partial charge in [0.2, 0.25) is 11.0 Å². The monoisotopic (exact) mass is 364 g/mol. The summed E-state index contributed by atoms with van der Waals surface area (Å²) in [4.78, 5) is 26.5. The molecule has 0 spiro atoms. The number of nitrogens with zero attached hydrogens (tertiary/aromatic N) is 3. The highest BCUT2D eigenvalue weighted by Gasteiger charge is 2.28. The maximum absolute atomic E-state index is 12.5. The number of nitrogens with one attached hydrogen (secondary N) is 1. The Morgan fingerprint density at radius 2 is 1.96 bits per heavy atom. The van der Waals surface area contributed by atoms with E-state index in [4.69, 9.17) is 11.6 Å². The number of aromatic nitrogens is 2. The molecular weight excluding hydrogens is 348 g/mol. The lowest BCUT2D eigenvalue weighted by molar-refractivity contribution is -0.121. The van der Waals surface area contributed by atoms with E-state index >= 15 is 0 Å². The summed E-state index contributed by atoms with van der Waals surface area (Å²) in [5.74, 6) is -0.264. The smallest absolute Gasteiger partial charge is 0.255 e. The number of halogens is 1. The van der Waals surface area contributed by atoms with E-state index in [-0.39, 0.29) is 17.7 Å². The van der Waals surface area contributed by atoms with Gasteiger partial charge < -0.3 is 10.2 Å². The second-order valence-corrected chi connectivity index (χ2v) is 7.25. The fourth-order valence-corrected chi connectivity index (χ4v) is 3.52. The van der Waals surface area contributed by atoms with Crippen molar-refractivity contribution in [3.63, 3.8) is 0 Å². The molecule has 0 aliphatic carbocycles. The van der Waals surface area contributed by atoms with Crippen LogP contribution in [0.5, 0.6) is 0 Å². The first-order valence-corrected chi connectivity index (χ1v) is 8.89. The summed E-state index contributed by atoms with van der Waals surface area (Å²) in [6, 6.07) is 7.02. The van der Waals surface area contributed by atoms with E-state index in [1.54, 1.807) is 29.2 Å². The zero-order valence-corrected chi connectivity index (χ0v) is 14.7. The quantitative estimate of drug-likeness (QED) is 0.908. The molecule has 3 rings (SSSR count). The van der Waals surface area contributed by atoms with Gasteiger partial charge in [0.1, 0.15) is 5.01 Å². The van der Waals surface area contributed by atoms with Crippen LogP contribution in [0.4, 0.5) is 5.13 Å². The molecule has 2 amide bonds. The third-order valence-electron chi connectivity index (χ3n) is 4.01. The molecule has 6 nitrogen and oxygen atoms in total. The van der Waals surface area contributed by atoms with E-state index in [9.17, 15) is 9.59 Å². The number of carbonyl (C=O) groups is 2. The lowest BCUT2D eigenvalue weighted by atomic mass is 9.95. The molecule has 24 heavy (non-hydrogen) atoms. The predicted molar refractivity (Wildman–Crippen MR) is 93.4 cm³/mol. The Labute approximate surface area is 148 Å². The molecule has 0 bridgehead atoms. The molecule has 0 unspecified atom stereocenters. The van der Waals surface area contributed by atoms with Crippen molar-refractivity contribution in [3.8, 4) is 0 Å². The zero-order valence-electron chi connectivity index (χ0n) is 13.2. The van der Waals surface area contributed by atoms with Crippen LogP contribution < -0.4 is 5.32 Å². The maximum Gasteiger partial charge on any atom is 0.255 e. The number of hydrogen-bond donors (Lipinski definition) is 1. The lowest BCUT2D eigenvalue weighted by Gasteiger charge is -2.31. The minimum absolute atomic E-state index is 0.0593. The van der Waals surface area contributed by atoms with Gasteiger partial charge in [0, 0.05) is 19.0 Å². The van der Waals surface area contributed by atoms with E-state index in [2.05, 4.69) is 15.5 Å². The van der Waals surface area contributed by atoms with Gasteiger partial charge in [0.05, 0.1) is 10.6 Å². The van der Waals surface area contributed by atoms with Gasteiger partial charge in [-0.2, -0.15) is 0 Å². The van der Waals surface area contributed by atoms with Gasteiger partial charge in [-0.25, -0.2) is 0 Å². The van der Waals surface area contributed by atoms with Crippen LogP contribution in [-0.4, -0.2) is 40.0 Å². The fraction of sp³-hybridized carbons (Fsp3) is 0.375. The molecule has 0 radical (unpaired) electrons. The van der Waals surface area contributed by atoms with Crippen LogP contribution >= 0.6 is 22.9 Å². The van der Waals surface area contributed by atoms with Crippen LogP contribution in [-0.2, 0) is 4.79 Å². The van der Waals surface area contributed by atoms with Crippen molar-refractivity contribution in [1.29, 1.82) is 0 Å². The van der Waals surface area contributed by atoms with Crippen molar-refractivity contribution < 1.29 is 9.59 Å². The van der Waals surface area contributed by atoms with Gasteiger partial charge in [0.15, 0.2) is 0 Å². The van der Waals surface area contributed by atoms with Crippen LogP contribution in [0.25, 0.3) is 0 Å². The molecule has 0 atom stereocenters. The minimum Gasteiger partial charge on any atom is -0.339 e. The lowest BCUT2D eigenvalue weighted by Crippen LogP contribution is -2.41. The molecular formula is C16H17ClN4O2S. The standard InChI is InChI=1S/C16H17ClN4O2S/c1-10-19-20-16(24-10)18-14(22)11-6-8-21(9-7-11)15(23)12-4-2-3-5-13(12)17/h2-5,11H,6-9H2,1H3,(H,18,20,22). The van der Waals surface area contributed by atoms with Crippen molar-refractivity contribution in [2.45, 2.75) is 19.8 Å². The summed E-state index contributed by atoms with van der Waals surface area (Å²) in [6.07, 6.45) is 1.25. The SMILES string of the molecule is Cc1nnc(NC(=O)C2CCN(C(=O)c3ccccc3Cl)CC2)s1. The number of rotatable bonds is 3. The van der Waals surface area contributed by atoms with Gasteiger partial charge in [-0.3, -0.25) is 9.59 Å². The van der Waals surface area contributed by atoms with E-state index in [1.165, 1.54) is 11.3 Å². The number of aryl methyl sites for hydroxylation is 1. The average molecular weight is 365 g/mol. The zero-order chi connectivity index (χ0) is 17.1. The third-order valence-corrected chi connectivity index (χ3v) is 5.10. The first-order chi connectivity index (χ1) is 11.5. The Kier molecular flexibility index (Phi) is 5.11. The van der Waals surface area contributed by atoms with Crippen LogP contribution in [0.1, 0.15) is 28.2 Å². The second-order valence-electron chi connectivity index (χ2n) is 5.66. The second kappa shape index (κ2) is 7.27. The summed E-state index contributed by atoms with van der Waals surface area (Å²) < 4.78 is 0. The van der Waals surface area contributed by atoms with Crippen molar-refractivity contribution in [1.82, 2.24) is 15.1 Å². The van der Waals surface area contributed by atoms with Gasteiger partial charge in [0.25, 0.3) is 5.91 Å². The van der Waals surface area contributed by atoms with E-state index in [0.29, 0.717) is 41.6 Å². The minimum atomic E-state index is -0.121. The summed E-state index contributed by atoms with van der Waals surface area (Å²) >= 11 is 7.44. The summed E-state index contributed by atoms with van der Waals surface area (Å²) in [5, 5.41) is 12.4. The first-order valence-electron chi connectivity index (χ1n) is 7.69. The van der Waals surface area contributed by atoms with Gasteiger partial charge >= 0.3 is 0 Å². The normalized spacial score (nSPS) is 15.3. The van der Waals surface area contributed by atoms with Crippen LogP contribution in [0.2, 0.25) is 5.02 Å². The van der Waals surface area contributed by atoms with Crippen molar-refractivity contribution in [3.05, 3.63) is 39.9 Å². The Bertz CT molecular complexity index is 756. The third kappa shape index (κ3) is 3.73. The molecule has 1 fully saturated rings. The Balaban J connectivity index is 1.56. The molecule has 0 saturated carbocycles. The summed E-state index contributed by atoms with van der Waals surface area (Å²) in [7, 11) is 0. The molecule has 2 aromatic rings. The molecule has 126 valence electrons. The molecule has 1 aromatic heterocycles. The highest BCUT2D eigenvalue weighted by Crippen LogP contribution is 2.24. The fourth-order valence-electron chi connectivity index (χ4n) is 2.70. The van der Waals surface area contributed by atoms with Crippen LogP contribution in [0.15, 0.2) is 24.3 Å². The van der Waals surface area contributed by atoms with Crippen molar-refractivity contribution in [2.24, 2.45) is 5.92 Å². The number of hydrogen-bond acceptors (Lipinski definition) is 5. The molecule has 1 aliphatic rings. The van der Waals surface area contributed by atoms with E-state index in [0.717, 1.165) is 5.01 Å². The number of anilines is 1. The largest absolute Gasteiger partial charge is 0.339 e. The topological polar surface area (TPSA) is 75.2 Å².